The van der Waals surface area contributed by atoms with Gasteiger partial charge in [0.25, 0.3) is 0 Å². The van der Waals surface area contributed by atoms with E-state index in [1.807, 2.05) is 6.07 Å². The van der Waals surface area contributed by atoms with Crippen LogP contribution in [0.4, 0.5) is 0 Å². The Bertz CT molecular complexity index is 616. The van der Waals surface area contributed by atoms with Gasteiger partial charge in [0.2, 0.25) is 0 Å². The number of hydrogen-bond acceptors (Lipinski definition) is 5. The molecule has 0 radical (unpaired) electrons. The van der Waals surface area contributed by atoms with Crippen molar-refractivity contribution >= 4 is 21.4 Å². The Morgan fingerprint density at radius 3 is 3.06 bits per heavy atom. The summed E-state index contributed by atoms with van der Waals surface area (Å²) in [7, 11) is 0. The van der Waals surface area contributed by atoms with E-state index in [0.717, 1.165) is 11.3 Å². The molecule has 0 bridgehead atoms. The van der Waals surface area contributed by atoms with Crippen molar-refractivity contribution in [2.75, 3.05) is 0 Å². The fourth-order valence-corrected chi connectivity index (χ4v) is 2.87. The molecular weight excluding hydrogens is 234 g/mol. The molecule has 86 valence electrons. The molecule has 1 atom stereocenters. The van der Waals surface area contributed by atoms with Crippen LogP contribution in [0.5, 0.6) is 0 Å². The van der Waals surface area contributed by atoms with E-state index in [4.69, 9.17) is 5.84 Å². The van der Waals surface area contributed by atoms with Crippen LogP contribution < -0.4 is 11.3 Å². The fraction of sp³-hybridized carbons (Fsp3) is 0.0909. The molecule has 2 aromatic heterocycles. The Morgan fingerprint density at radius 1 is 1.35 bits per heavy atom. The van der Waals surface area contributed by atoms with E-state index in [9.17, 15) is 0 Å². The van der Waals surface area contributed by atoms with E-state index in [1.165, 1.54) is 10.1 Å². The number of aromatic amines is 1. The minimum atomic E-state index is -0.143. The van der Waals surface area contributed by atoms with Crippen molar-refractivity contribution in [1.29, 1.82) is 0 Å². The van der Waals surface area contributed by atoms with Gasteiger partial charge < -0.3 is 0 Å². The van der Waals surface area contributed by atoms with Crippen molar-refractivity contribution in [2.24, 2.45) is 5.84 Å². The van der Waals surface area contributed by atoms with Crippen LogP contribution in [-0.2, 0) is 0 Å². The van der Waals surface area contributed by atoms with Crippen LogP contribution in [0.25, 0.3) is 10.1 Å². The van der Waals surface area contributed by atoms with Gasteiger partial charge in [0, 0.05) is 4.70 Å². The van der Waals surface area contributed by atoms with Crippen LogP contribution >= 0.6 is 11.3 Å². The molecule has 0 spiro atoms. The van der Waals surface area contributed by atoms with Crippen molar-refractivity contribution in [3.63, 3.8) is 0 Å². The highest BCUT2D eigenvalue weighted by Crippen LogP contribution is 2.30. The predicted molar refractivity (Wildman–Crippen MR) is 67.4 cm³/mol. The van der Waals surface area contributed by atoms with E-state index in [-0.39, 0.29) is 6.04 Å². The first kappa shape index (κ1) is 10.4. The molecule has 0 saturated heterocycles. The molecule has 0 fully saturated rings. The SMILES string of the molecule is NNC(c1cn[nH]n1)c1cccc2ccsc12. The molecule has 0 aliphatic carbocycles. The van der Waals surface area contributed by atoms with Gasteiger partial charge in [-0.3, -0.25) is 5.84 Å². The molecule has 3 rings (SSSR count). The highest BCUT2D eigenvalue weighted by Gasteiger charge is 2.17. The second-order valence-electron chi connectivity index (χ2n) is 3.68. The Labute approximate surface area is 102 Å². The van der Waals surface area contributed by atoms with Crippen LogP contribution in [0, 0.1) is 0 Å². The number of H-pyrrole nitrogens is 1. The molecule has 0 saturated carbocycles. The third-order valence-electron chi connectivity index (χ3n) is 2.72. The Balaban J connectivity index is 2.16. The number of nitrogens with one attached hydrogen (secondary N) is 2. The minimum Gasteiger partial charge on any atom is -0.271 e. The molecule has 4 N–H and O–H groups in total. The van der Waals surface area contributed by atoms with E-state index >= 15 is 0 Å². The first-order chi connectivity index (χ1) is 8.40. The molecule has 3 aromatic rings. The maximum atomic E-state index is 5.63. The molecule has 0 aliphatic heterocycles. The van der Waals surface area contributed by atoms with Crippen molar-refractivity contribution in [3.8, 4) is 0 Å². The number of nitrogens with two attached hydrogens (primary N) is 1. The van der Waals surface area contributed by atoms with Gasteiger partial charge in [-0.2, -0.15) is 15.4 Å². The molecule has 0 aliphatic rings. The molecule has 17 heavy (non-hydrogen) atoms. The Hall–Kier alpha value is -1.76. The molecule has 1 unspecified atom stereocenters. The molecular formula is C11H11N5S. The quantitative estimate of drug-likeness (QED) is 0.483. The first-order valence-electron chi connectivity index (χ1n) is 5.18. The lowest BCUT2D eigenvalue weighted by molar-refractivity contribution is 0.623. The van der Waals surface area contributed by atoms with E-state index in [1.54, 1.807) is 17.5 Å². The maximum absolute atomic E-state index is 5.63. The number of aromatic nitrogens is 3. The van der Waals surface area contributed by atoms with Crippen LogP contribution in [0.3, 0.4) is 0 Å². The number of hydrazine groups is 1. The number of hydrogen-bond donors (Lipinski definition) is 3. The largest absolute Gasteiger partial charge is 0.271 e. The Kier molecular flexibility index (Phi) is 2.60. The summed E-state index contributed by atoms with van der Waals surface area (Å²) in [5.74, 6) is 5.63. The van der Waals surface area contributed by atoms with Crippen molar-refractivity contribution in [2.45, 2.75) is 6.04 Å². The maximum Gasteiger partial charge on any atom is 0.105 e. The molecule has 2 heterocycles. The van der Waals surface area contributed by atoms with Crippen LogP contribution in [0.1, 0.15) is 17.3 Å². The van der Waals surface area contributed by atoms with Gasteiger partial charge in [0.05, 0.1) is 12.2 Å². The zero-order valence-corrected chi connectivity index (χ0v) is 9.74. The number of rotatable bonds is 3. The number of benzene rings is 1. The zero-order valence-electron chi connectivity index (χ0n) is 8.92. The number of thiophene rings is 1. The lowest BCUT2D eigenvalue weighted by Gasteiger charge is -2.14. The second-order valence-corrected chi connectivity index (χ2v) is 4.60. The smallest absolute Gasteiger partial charge is 0.105 e. The second kappa shape index (κ2) is 4.25. The lowest BCUT2D eigenvalue weighted by Crippen LogP contribution is -2.29. The third kappa shape index (κ3) is 1.72. The average molecular weight is 245 g/mol. The molecule has 6 heteroatoms. The summed E-state index contributed by atoms with van der Waals surface area (Å²) in [5, 5.41) is 13.8. The van der Waals surface area contributed by atoms with Crippen molar-refractivity contribution in [1.82, 2.24) is 20.8 Å². The van der Waals surface area contributed by atoms with Crippen LogP contribution in [0.15, 0.2) is 35.8 Å². The molecule has 1 aromatic carbocycles. The van der Waals surface area contributed by atoms with E-state index in [2.05, 4.69) is 44.4 Å². The molecule has 0 amide bonds. The van der Waals surface area contributed by atoms with Crippen molar-refractivity contribution in [3.05, 3.63) is 47.1 Å². The van der Waals surface area contributed by atoms with Gasteiger partial charge in [-0.05, 0) is 22.4 Å². The summed E-state index contributed by atoms with van der Waals surface area (Å²) in [6.07, 6.45) is 1.68. The van der Waals surface area contributed by atoms with E-state index < -0.39 is 0 Å². The van der Waals surface area contributed by atoms with Gasteiger partial charge >= 0.3 is 0 Å². The van der Waals surface area contributed by atoms with Gasteiger partial charge in [-0.1, -0.05) is 18.2 Å². The van der Waals surface area contributed by atoms with Crippen LogP contribution in [-0.4, -0.2) is 15.4 Å². The van der Waals surface area contributed by atoms with Gasteiger partial charge in [-0.25, -0.2) is 5.43 Å². The number of nitrogens with zero attached hydrogens (tertiary/aromatic N) is 2. The fourth-order valence-electron chi connectivity index (χ4n) is 1.93. The highest BCUT2D eigenvalue weighted by atomic mass is 32.1. The lowest BCUT2D eigenvalue weighted by atomic mass is 10.0. The van der Waals surface area contributed by atoms with Crippen molar-refractivity contribution < 1.29 is 0 Å². The topological polar surface area (TPSA) is 79.6 Å². The standard InChI is InChI=1S/C11H11N5S/c12-14-10(9-6-13-16-15-9)8-3-1-2-7-4-5-17-11(7)8/h1-6,10,14H,12H2,(H,13,15,16). The number of fused-ring (bicyclic) bond motifs is 1. The molecule has 5 nitrogen and oxygen atoms in total. The summed E-state index contributed by atoms with van der Waals surface area (Å²) in [5.41, 5.74) is 4.69. The summed E-state index contributed by atoms with van der Waals surface area (Å²) >= 11 is 1.70. The third-order valence-corrected chi connectivity index (χ3v) is 3.70. The van der Waals surface area contributed by atoms with Crippen LogP contribution in [0.2, 0.25) is 0 Å². The summed E-state index contributed by atoms with van der Waals surface area (Å²) in [6, 6.07) is 8.12. The predicted octanol–water partition coefficient (Wildman–Crippen LogP) is 1.57. The van der Waals surface area contributed by atoms with E-state index in [0.29, 0.717) is 0 Å². The Morgan fingerprint density at radius 2 is 2.29 bits per heavy atom. The summed E-state index contributed by atoms with van der Waals surface area (Å²) in [4.78, 5) is 0. The first-order valence-corrected chi connectivity index (χ1v) is 6.06. The summed E-state index contributed by atoms with van der Waals surface area (Å²) < 4.78 is 1.22. The average Bonchev–Trinajstić information content (AvgIpc) is 3.00. The summed E-state index contributed by atoms with van der Waals surface area (Å²) in [6.45, 7) is 0. The minimum absolute atomic E-state index is 0.143. The normalized spacial score (nSPS) is 13.0. The highest BCUT2D eigenvalue weighted by molar-refractivity contribution is 7.17. The van der Waals surface area contributed by atoms with Gasteiger partial charge in [0.15, 0.2) is 0 Å². The monoisotopic (exact) mass is 245 g/mol. The van der Waals surface area contributed by atoms with Gasteiger partial charge in [0.1, 0.15) is 5.69 Å². The van der Waals surface area contributed by atoms with Gasteiger partial charge in [-0.15, -0.1) is 11.3 Å². The zero-order chi connectivity index (χ0) is 11.7.